The lowest BCUT2D eigenvalue weighted by atomic mass is 10.2. The first kappa shape index (κ1) is 19.1. The number of hydrogen-bond donors (Lipinski definition) is 3. The molecule has 0 atom stereocenters. The normalized spacial score (nSPS) is 10.2. The Labute approximate surface area is 160 Å². The average molecular weight is 420 g/mol. The van der Waals surface area contributed by atoms with E-state index in [0.29, 0.717) is 21.4 Å². The van der Waals surface area contributed by atoms with Crippen molar-refractivity contribution in [2.45, 2.75) is 13.8 Å². The first-order valence-corrected chi connectivity index (χ1v) is 8.84. The summed E-state index contributed by atoms with van der Waals surface area (Å²) in [6.07, 6.45) is 0. The Bertz CT molecular complexity index is 808. The van der Waals surface area contributed by atoms with Gasteiger partial charge in [0.2, 0.25) is 5.91 Å². The zero-order valence-electron chi connectivity index (χ0n) is 13.8. The van der Waals surface area contributed by atoms with Gasteiger partial charge in [-0.2, -0.15) is 0 Å². The van der Waals surface area contributed by atoms with Crippen molar-refractivity contribution in [2.75, 3.05) is 10.6 Å². The molecule has 0 unspecified atom stereocenters. The number of nitrogens with one attached hydrogen (secondary N) is 3. The highest BCUT2D eigenvalue weighted by Crippen LogP contribution is 2.17. The van der Waals surface area contributed by atoms with Gasteiger partial charge in [0.05, 0.1) is 5.56 Å². The fourth-order valence-corrected chi connectivity index (χ4v) is 2.61. The van der Waals surface area contributed by atoms with Crippen molar-refractivity contribution in [1.82, 2.24) is 5.32 Å². The highest BCUT2D eigenvalue weighted by atomic mass is 79.9. The van der Waals surface area contributed by atoms with Crippen LogP contribution in [-0.2, 0) is 4.79 Å². The lowest BCUT2D eigenvalue weighted by Crippen LogP contribution is -2.34. The maximum absolute atomic E-state index is 12.2. The molecule has 7 heteroatoms. The zero-order chi connectivity index (χ0) is 18.4. The first-order chi connectivity index (χ1) is 11.9. The van der Waals surface area contributed by atoms with Crippen molar-refractivity contribution in [3.63, 3.8) is 0 Å². The maximum atomic E-state index is 12.2. The molecule has 130 valence electrons. The van der Waals surface area contributed by atoms with Gasteiger partial charge in [0.1, 0.15) is 0 Å². The Morgan fingerprint density at radius 3 is 2.28 bits per heavy atom. The van der Waals surface area contributed by atoms with Crippen molar-refractivity contribution < 1.29 is 9.59 Å². The van der Waals surface area contributed by atoms with Crippen LogP contribution >= 0.6 is 28.1 Å². The van der Waals surface area contributed by atoms with E-state index >= 15 is 0 Å². The van der Waals surface area contributed by atoms with Crippen LogP contribution in [0.25, 0.3) is 0 Å². The topological polar surface area (TPSA) is 70.2 Å². The van der Waals surface area contributed by atoms with Crippen molar-refractivity contribution >= 4 is 56.4 Å². The monoisotopic (exact) mass is 419 g/mol. The fourth-order valence-electron chi connectivity index (χ4n) is 1.94. The molecule has 2 aromatic carbocycles. The molecule has 3 N–H and O–H groups in total. The smallest absolute Gasteiger partial charge is 0.258 e. The van der Waals surface area contributed by atoms with Gasteiger partial charge >= 0.3 is 0 Å². The Kier molecular flexibility index (Phi) is 6.66. The van der Waals surface area contributed by atoms with Crippen LogP contribution < -0.4 is 16.0 Å². The third-order valence-electron chi connectivity index (χ3n) is 3.26. The van der Waals surface area contributed by atoms with Crippen LogP contribution in [0, 0.1) is 5.92 Å². The van der Waals surface area contributed by atoms with E-state index in [4.69, 9.17) is 12.2 Å². The van der Waals surface area contributed by atoms with E-state index in [0.717, 1.165) is 0 Å². The van der Waals surface area contributed by atoms with Gasteiger partial charge in [-0.1, -0.05) is 32.0 Å². The number of hydrogen-bond acceptors (Lipinski definition) is 3. The molecule has 0 fully saturated rings. The number of thiocarbonyl (C=S) groups is 1. The number of carbonyl (C=O) groups excluding carboxylic acids is 2. The lowest BCUT2D eigenvalue weighted by Gasteiger charge is -2.12. The Hall–Kier alpha value is -2.25. The summed E-state index contributed by atoms with van der Waals surface area (Å²) in [5.74, 6) is -0.488. The molecule has 0 saturated carbocycles. The molecule has 0 heterocycles. The molecule has 2 aromatic rings. The number of anilines is 2. The highest BCUT2D eigenvalue weighted by Gasteiger charge is 2.11. The van der Waals surface area contributed by atoms with Crippen molar-refractivity contribution in [3.05, 3.63) is 58.6 Å². The summed E-state index contributed by atoms with van der Waals surface area (Å²) < 4.78 is 0.689. The first-order valence-electron chi connectivity index (χ1n) is 7.64. The summed E-state index contributed by atoms with van der Waals surface area (Å²) in [4.78, 5) is 24.0. The van der Waals surface area contributed by atoms with E-state index in [9.17, 15) is 9.59 Å². The van der Waals surface area contributed by atoms with Crippen LogP contribution in [0.3, 0.4) is 0 Å². The molecule has 0 saturated heterocycles. The second-order valence-electron chi connectivity index (χ2n) is 5.61. The highest BCUT2D eigenvalue weighted by molar-refractivity contribution is 9.10. The summed E-state index contributed by atoms with van der Waals surface area (Å²) in [5, 5.41) is 8.55. The van der Waals surface area contributed by atoms with Crippen LogP contribution in [0.2, 0.25) is 0 Å². The third kappa shape index (κ3) is 5.65. The van der Waals surface area contributed by atoms with Gasteiger partial charge < -0.3 is 10.6 Å². The fraction of sp³-hybridized carbons (Fsp3) is 0.167. The van der Waals surface area contributed by atoms with E-state index in [1.807, 2.05) is 19.9 Å². The van der Waals surface area contributed by atoms with Gasteiger partial charge in [-0.25, -0.2) is 0 Å². The third-order valence-corrected chi connectivity index (χ3v) is 4.15. The zero-order valence-corrected chi connectivity index (χ0v) is 16.2. The van der Waals surface area contributed by atoms with E-state index in [2.05, 4.69) is 31.9 Å². The minimum absolute atomic E-state index is 0.0676. The Morgan fingerprint density at radius 2 is 1.64 bits per heavy atom. The van der Waals surface area contributed by atoms with Gasteiger partial charge in [0.15, 0.2) is 5.11 Å². The molecule has 0 aliphatic rings. The Morgan fingerprint density at radius 1 is 1.00 bits per heavy atom. The molecule has 0 aliphatic heterocycles. The molecular formula is C18H18BrN3O2S. The predicted octanol–water partition coefficient (Wildman–Crippen LogP) is 4.17. The van der Waals surface area contributed by atoms with E-state index in [1.54, 1.807) is 42.5 Å². The quantitative estimate of drug-likeness (QED) is 0.650. The Balaban J connectivity index is 2.00. The summed E-state index contributed by atoms with van der Waals surface area (Å²) in [6.45, 7) is 3.65. The molecule has 2 amide bonds. The molecule has 0 spiro atoms. The summed E-state index contributed by atoms with van der Waals surface area (Å²) >= 11 is 8.52. The summed E-state index contributed by atoms with van der Waals surface area (Å²) in [5.41, 5.74) is 1.81. The van der Waals surface area contributed by atoms with E-state index < -0.39 is 0 Å². The van der Waals surface area contributed by atoms with Crippen LogP contribution in [0.5, 0.6) is 0 Å². The molecule has 0 aromatic heterocycles. The largest absolute Gasteiger partial charge is 0.332 e. The molecule has 5 nitrogen and oxygen atoms in total. The number of halogens is 1. The van der Waals surface area contributed by atoms with Gasteiger partial charge in [-0.15, -0.1) is 0 Å². The molecule has 2 rings (SSSR count). The maximum Gasteiger partial charge on any atom is 0.258 e. The summed E-state index contributed by atoms with van der Waals surface area (Å²) in [6, 6.07) is 14.2. The molecule has 0 aliphatic carbocycles. The van der Waals surface area contributed by atoms with Crippen molar-refractivity contribution in [2.24, 2.45) is 5.92 Å². The van der Waals surface area contributed by atoms with Crippen LogP contribution in [0.4, 0.5) is 11.4 Å². The van der Waals surface area contributed by atoms with Crippen molar-refractivity contribution in [3.8, 4) is 0 Å². The van der Waals surface area contributed by atoms with Crippen LogP contribution in [-0.4, -0.2) is 16.9 Å². The molecular weight excluding hydrogens is 402 g/mol. The number of benzene rings is 2. The van der Waals surface area contributed by atoms with Gasteiger partial charge in [-0.05, 0) is 58.5 Å². The predicted molar refractivity (Wildman–Crippen MR) is 108 cm³/mol. The van der Waals surface area contributed by atoms with Gasteiger partial charge in [0.25, 0.3) is 5.91 Å². The second kappa shape index (κ2) is 8.73. The number of amides is 2. The molecule has 25 heavy (non-hydrogen) atoms. The van der Waals surface area contributed by atoms with Crippen LogP contribution in [0.15, 0.2) is 53.0 Å². The minimum Gasteiger partial charge on any atom is -0.332 e. The SMILES string of the molecule is CC(C)C(=O)Nc1cccc(NC(=S)NC(=O)c2ccccc2Br)c1. The second-order valence-corrected chi connectivity index (χ2v) is 6.88. The lowest BCUT2D eigenvalue weighted by molar-refractivity contribution is -0.118. The van der Waals surface area contributed by atoms with Crippen molar-refractivity contribution in [1.29, 1.82) is 0 Å². The van der Waals surface area contributed by atoms with E-state index in [1.165, 1.54) is 0 Å². The number of rotatable bonds is 4. The molecule has 0 radical (unpaired) electrons. The summed E-state index contributed by atoms with van der Waals surface area (Å²) in [7, 11) is 0. The van der Waals surface area contributed by atoms with Gasteiger partial charge in [-0.3, -0.25) is 14.9 Å². The van der Waals surface area contributed by atoms with Crippen LogP contribution in [0.1, 0.15) is 24.2 Å². The number of carbonyl (C=O) groups is 2. The minimum atomic E-state index is -0.311. The van der Waals surface area contributed by atoms with Gasteiger partial charge in [0, 0.05) is 21.8 Å². The standard InChI is InChI=1S/C18H18BrN3O2S/c1-11(2)16(23)20-12-6-5-7-13(10-12)21-18(25)22-17(24)14-8-3-4-9-15(14)19/h3-11H,1-2H3,(H,20,23)(H2,21,22,24,25). The van der Waals surface area contributed by atoms with E-state index in [-0.39, 0.29) is 22.8 Å². The average Bonchev–Trinajstić information content (AvgIpc) is 2.55. The molecule has 0 bridgehead atoms.